The molecule has 1 rings (SSSR count). The molecule has 0 aliphatic heterocycles. The highest BCUT2D eigenvalue weighted by molar-refractivity contribution is 7.89. The molecule has 0 saturated heterocycles. The van der Waals surface area contributed by atoms with Gasteiger partial charge in [-0.25, -0.2) is 12.7 Å². The lowest BCUT2D eigenvalue weighted by atomic mass is 9.87. The zero-order chi connectivity index (χ0) is 14.7. The van der Waals surface area contributed by atoms with Crippen molar-refractivity contribution in [2.75, 3.05) is 12.8 Å². The second-order valence-electron chi connectivity index (χ2n) is 6.02. The molecular weight excluding hydrogens is 258 g/mol. The van der Waals surface area contributed by atoms with Crippen LogP contribution in [0.3, 0.4) is 0 Å². The minimum Gasteiger partial charge on any atom is -0.212 e. The second kappa shape index (κ2) is 6.06. The van der Waals surface area contributed by atoms with Crippen LogP contribution in [0.25, 0.3) is 0 Å². The molecule has 108 valence electrons. The van der Waals surface area contributed by atoms with E-state index < -0.39 is 10.0 Å². The van der Waals surface area contributed by atoms with E-state index in [4.69, 9.17) is 0 Å². The highest BCUT2D eigenvalue weighted by atomic mass is 32.2. The molecular formula is C15H25NO2S. The van der Waals surface area contributed by atoms with E-state index in [2.05, 4.69) is 32.9 Å². The number of rotatable bonds is 5. The summed E-state index contributed by atoms with van der Waals surface area (Å²) in [6.45, 7) is 8.82. The SMILES string of the molecule is CCCS(=O)(=O)N(C)Cc1ccc(C(C)(C)C)cc1. The maximum atomic E-state index is 11.9. The van der Waals surface area contributed by atoms with Crippen molar-refractivity contribution in [3.63, 3.8) is 0 Å². The van der Waals surface area contributed by atoms with Gasteiger partial charge in [0.05, 0.1) is 5.75 Å². The first-order valence-electron chi connectivity index (χ1n) is 6.70. The van der Waals surface area contributed by atoms with E-state index >= 15 is 0 Å². The van der Waals surface area contributed by atoms with E-state index in [1.165, 1.54) is 9.87 Å². The van der Waals surface area contributed by atoms with Crippen LogP contribution in [-0.4, -0.2) is 25.5 Å². The standard InChI is InChI=1S/C15H25NO2S/c1-6-11-19(17,18)16(5)12-13-7-9-14(10-8-13)15(2,3)4/h7-10H,6,11-12H2,1-5H3. The average Bonchev–Trinajstić information content (AvgIpc) is 2.28. The van der Waals surface area contributed by atoms with E-state index in [-0.39, 0.29) is 11.2 Å². The van der Waals surface area contributed by atoms with E-state index in [0.717, 1.165) is 5.56 Å². The number of sulfonamides is 1. The lowest BCUT2D eigenvalue weighted by Gasteiger charge is -2.20. The predicted octanol–water partition coefficient (Wildman–Crippen LogP) is 3.16. The zero-order valence-electron chi connectivity index (χ0n) is 12.6. The Morgan fingerprint density at radius 1 is 1.11 bits per heavy atom. The van der Waals surface area contributed by atoms with Gasteiger partial charge in [0.15, 0.2) is 0 Å². The molecule has 0 saturated carbocycles. The molecule has 0 aliphatic carbocycles. The molecule has 0 atom stereocenters. The lowest BCUT2D eigenvalue weighted by Crippen LogP contribution is -2.28. The van der Waals surface area contributed by atoms with Crippen LogP contribution in [0.5, 0.6) is 0 Å². The fourth-order valence-electron chi connectivity index (χ4n) is 1.88. The van der Waals surface area contributed by atoms with Crippen LogP contribution in [-0.2, 0) is 22.0 Å². The number of hydrogen-bond donors (Lipinski definition) is 0. The van der Waals surface area contributed by atoms with Crippen LogP contribution in [0.15, 0.2) is 24.3 Å². The number of hydrogen-bond acceptors (Lipinski definition) is 2. The Labute approximate surface area is 117 Å². The largest absolute Gasteiger partial charge is 0.214 e. The van der Waals surface area contributed by atoms with Gasteiger partial charge in [0.25, 0.3) is 0 Å². The van der Waals surface area contributed by atoms with Crippen molar-refractivity contribution >= 4 is 10.0 Å². The fourth-order valence-corrected chi connectivity index (χ4v) is 3.05. The molecule has 0 heterocycles. The molecule has 1 aromatic rings. The van der Waals surface area contributed by atoms with Crippen molar-refractivity contribution in [1.29, 1.82) is 0 Å². The lowest BCUT2D eigenvalue weighted by molar-refractivity contribution is 0.466. The summed E-state index contributed by atoms with van der Waals surface area (Å²) >= 11 is 0. The summed E-state index contributed by atoms with van der Waals surface area (Å²) in [4.78, 5) is 0. The van der Waals surface area contributed by atoms with Gasteiger partial charge < -0.3 is 0 Å². The molecule has 0 spiro atoms. The first-order valence-corrected chi connectivity index (χ1v) is 8.31. The van der Waals surface area contributed by atoms with Crippen LogP contribution in [0.1, 0.15) is 45.2 Å². The predicted molar refractivity (Wildman–Crippen MR) is 80.7 cm³/mol. The number of benzene rings is 1. The van der Waals surface area contributed by atoms with E-state index in [1.54, 1.807) is 7.05 Å². The highest BCUT2D eigenvalue weighted by Crippen LogP contribution is 2.22. The molecule has 0 radical (unpaired) electrons. The third-order valence-corrected chi connectivity index (χ3v) is 5.17. The Kier molecular flexibility index (Phi) is 5.16. The minimum absolute atomic E-state index is 0.124. The molecule has 0 unspecified atom stereocenters. The first kappa shape index (κ1) is 16.2. The van der Waals surface area contributed by atoms with Crippen molar-refractivity contribution in [3.05, 3.63) is 35.4 Å². The number of nitrogens with zero attached hydrogens (tertiary/aromatic N) is 1. The summed E-state index contributed by atoms with van der Waals surface area (Å²) in [5.41, 5.74) is 2.41. The van der Waals surface area contributed by atoms with Gasteiger partial charge in [-0.1, -0.05) is 52.0 Å². The Morgan fingerprint density at radius 3 is 2.05 bits per heavy atom. The third kappa shape index (κ3) is 4.62. The summed E-state index contributed by atoms with van der Waals surface area (Å²) < 4.78 is 25.2. The summed E-state index contributed by atoms with van der Waals surface area (Å²) in [6.07, 6.45) is 0.648. The van der Waals surface area contributed by atoms with Gasteiger partial charge in [-0.3, -0.25) is 0 Å². The van der Waals surface area contributed by atoms with Gasteiger partial charge in [-0.2, -0.15) is 0 Å². The van der Waals surface area contributed by atoms with Gasteiger partial charge in [0, 0.05) is 13.6 Å². The molecule has 0 aromatic heterocycles. The smallest absolute Gasteiger partial charge is 0.212 e. The first-order chi connectivity index (χ1) is 8.66. The van der Waals surface area contributed by atoms with E-state index in [1.807, 2.05) is 19.1 Å². The Bertz CT molecular complexity index is 498. The Hall–Kier alpha value is -0.870. The van der Waals surface area contributed by atoms with Crippen LogP contribution < -0.4 is 0 Å². The molecule has 19 heavy (non-hydrogen) atoms. The fraction of sp³-hybridized carbons (Fsp3) is 0.600. The second-order valence-corrected chi connectivity index (χ2v) is 8.21. The summed E-state index contributed by atoms with van der Waals surface area (Å²) in [6, 6.07) is 8.18. The summed E-state index contributed by atoms with van der Waals surface area (Å²) in [5, 5.41) is 0. The quantitative estimate of drug-likeness (QED) is 0.832. The van der Waals surface area contributed by atoms with Gasteiger partial charge in [0.2, 0.25) is 10.0 Å². The van der Waals surface area contributed by atoms with Crippen molar-refractivity contribution < 1.29 is 8.42 Å². The maximum absolute atomic E-state index is 11.9. The molecule has 0 aliphatic rings. The highest BCUT2D eigenvalue weighted by Gasteiger charge is 2.17. The molecule has 1 aromatic carbocycles. The van der Waals surface area contributed by atoms with E-state index in [0.29, 0.717) is 13.0 Å². The minimum atomic E-state index is -3.11. The molecule has 4 heteroatoms. The van der Waals surface area contributed by atoms with Crippen LogP contribution in [0.2, 0.25) is 0 Å². The molecule has 0 bridgehead atoms. The summed E-state index contributed by atoms with van der Waals surface area (Å²) in [5.74, 6) is 0.212. The Balaban J connectivity index is 2.79. The van der Waals surface area contributed by atoms with Crippen LogP contribution in [0.4, 0.5) is 0 Å². The molecule has 0 amide bonds. The zero-order valence-corrected chi connectivity index (χ0v) is 13.4. The third-order valence-electron chi connectivity index (χ3n) is 3.16. The van der Waals surface area contributed by atoms with Crippen molar-refractivity contribution in [2.45, 2.75) is 46.1 Å². The Morgan fingerprint density at radius 2 is 1.63 bits per heavy atom. The van der Waals surface area contributed by atoms with Crippen LogP contribution >= 0.6 is 0 Å². The molecule has 0 fully saturated rings. The van der Waals surface area contributed by atoms with Crippen LogP contribution in [0, 0.1) is 0 Å². The topological polar surface area (TPSA) is 37.4 Å². The van der Waals surface area contributed by atoms with Gasteiger partial charge in [0.1, 0.15) is 0 Å². The van der Waals surface area contributed by atoms with Gasteiger partial charge >= 0.3 is 0 Å². The monoisotopic (exact) mass is 283 g/mol. The van der Waals surface area contributed by atoms with Crippen molar-refractivity contribution in [1.82, 2.24) is 4.31 Å². The maximum Gasteiger partial charge on any atom is 0.214 e. The average molecular weight is 283 g/mol. The van der Waals surface area contributed by atoms with E-state index in [9.17, 15) is 8.42 Å². The van der Waals surface area contributed by atoms with Gasteiger partial charge in [-0.05, 0) is 23.0 Å². The van der Waals surface area contributed by atoms with Crippen molar-refractivity contribution in [3.8, 4) is 0 Å². The molecule has 3 nitrogen and oxygen atoms in total. The van der Waals surface area contributed by atoms with Gasteiger partial charge in [-0.15, -0.1) is 0 Å². The normalized spacial score (nSPS) is 12.9. The molecule has 0 N–H and O–H groups in total. The van der Waals surface area contributed by atoms with Crippen molar-refractivity contribution in [2.24, 2.45) is 0 Å². The summed E-state index contributed by atoms with van der Waals surface area (Å²) in [7, 11) is -1.47.